The lowest BCUT2D eigenvalue weighted by Gasteiger charge is -2.14. The minimum absolute atomic E-state index is 0.0196. The smallest absolute Gasteiger partial charge is 0.303 e. The largest absolute Gasteiger partial charge is 0.493 e. The Morgan fingerprint density at radius 1 is 0.897 bits per heavy atom. The summed E-state index contributed by atoms with van der Waals surface area (Å²) in [6.07, 6.45) is 0.287. The lowest BCUT2D eigenvalue weighted by molar-refractivity contribution is -0.136. The number of hydrogen-bond donors (Lipinski definition) is 1. The van der Waals surface area contributed by atoms with Gasteiger partial charge in [-0.15, -0.1) is 0 Å². The molecule has 1 N–H and O–H groups in total. The van der Waals surface area contributed by atoms with Crippen molar-refractivity contribution in [3.05, 3.63) is 59.2 Å². The third kappa shape index (κ3) is 7.26. The van der Waals surface area contributed by atoms with Crippen LogP contribution < -0.4 is 9.47 Å². The second-order valence-electron chi connectivity index (χ2n) is 7.98. The van der Waals surface area contributed by atoms with Gasteiger partial charge in [0.1, 0.15) is 11.5 Å². The molecule has 0 saturated heterocycles. The summed E-state index contributed by atoms with van der Waals surface area (Å²) in [6.45, 7) is 9.33. The van der Waals surface area contributed by atoms with E-state index in [4.69, 9.17) is 14.6 Å². The van der Waals surface area contributed by atoms with Crippen molar-refractivity contribution >= 4 is 11.8 Å². The molecule has 5 heteroatoms. The van der Waals surface area contributed by atoms with Crippen molar-refractivity contribution in [1.82, 2.24) is 0 Å². The van der Waals surface area contributed by atoms with Crippen LogP contribution in [0, 0.1) is 11.8 Å². The summed E-state index contributed by atoms with van der Waals surface area (Å²) >= 11 is 0. The first kappa shape index (κ1) is 22.5. The number of carbonyl (C=O) groups excluding carboxylic acids is 1. The number of carbonyl (C=O) groups is 2. The molecule has 0 atom stereocenters. The molecule has 2 rings (SSSR count). The molecule has 0 unspecified atom stereocenters. The van der Waals surface area contributed by atoms with Gasteiger partial charge in [0, 0.05) is 17.5 Å². The molecule has 2 aromatic rings. The predicted molar refractivity (Wildman–Crippen MR) is 113 cm³/mol. The topological polar surface area (TPSA) is 72.8 Å². The van der Waals surface area contributed by atoms with Crippen molar-refractivity contribution in [2.45, 2.75) is 40.5 Å². The highest BCUT2D eigenvalue weighted by Crippen LogP contribution is 2.25. The van der Waals surface area contributed by atoms with Crippen LogP contribution in [0.2, 0.25) is 0 Å². The van der Waals surface area contributed by atoms with Crippen molar-refractivity contribution in [3.8, 4) is 11.5 Å². The molecular weight excluding hydrogens is 368 g/mol. The van der Waals surface area contributed by atoms with Gasteiger partial charge in [0.15, 0.2) is 5.78 Å². The molecule has 0 spiro atoms. The van der Waals surface area contributed by atoms with Crippen molar-refractivity contribution in [2.24, 2.45) is 11.8 Å². The van der Waals surface area contributed by atoms with Gasteiger partial charge in [0.25, 0.3) is 0 Å². The zero-order valence-corrected chi connectivity index (χ0v) is 17.6. The van der Waals surface area contributed by atoms with Crippen LogP contribution in [-0.2, 0) is 11.2 Å². The van der Waals surface area contributed by atoms with Crippen LogP contribution in [0.3, 0.4) is 0 Å². The number of carboxylic acid groups (broad SMARTS) is 1. The maximum Gasteiger partial charge on any atom is 0.303 e. The molecule has 0 fully saturated rings. The quantitative estimate of drug-likeness (QED) is 0.539. The van der Waals surface area contributed by atoms with Gasteiger partial charge in [-0.1, -0.05) is 39.8 Å². The van der Waals surface area contributed by atoms with Crippen molar-refractivity contribution in [1.29, 1.82) is 0 Å². The molecule has 29 heavy (non-hydrogen) atoms. The third-order valence-electron chi connectivity index (χ3n) is 4.18. The van der Waals surface area contributed by atoms with E-state index in [1.54, 1.807) is 36.4 Å². The Labute approximate surface area is 172 Å². The van der Waals surface area contributed by atoms with Crippen molar-refractivity contribution in [3.63, 3.8) is 0 Å². The molecule has 0 aliphatic carbocycles. The van der Waals surface area contributed by atoms with E-state index in [0.29, 0.717) is 54.1 Å². The fourth-order valence-corrected chi connectivity index (χ4v) is 2.71. The highest BCUT2D eigenvalue weighted by molar-refractivity contribution is 6.09. The number of benzene rings is 2. The number of aliphatic carboxylic acids is 1. The Morgan fingerprint density at radius 2 is 1.55 bits per heavy atom. The van der Waals surface area contributed by atoms with Crippen LogP contribution in [0.5, 0.6) is 11.5 Å². The minimum Gasteiger partial charge on any atom is -0.493 e. The van der Waals surface area contributed by atoms with Crippen LogP contribution in [0.15, 0.2) is 42.5 Å². The van der Waals surface area contributed by atoms with Crippen LogP contribution in [0.4, 0.5) is 0 Å². The molecule has 0 amide bonds. The molecule has 0 aromatic heterocycles. The van der Waals surface area contributed by atoms with E-state index < -0.39 is 5.97 Å². The summed E-state index contributed by atoms with van der Waals surface area (Å²) in [5.41, 5.74) is 1.76. The van der Waals surface area contributed by atoms with Crippen LogP contribution in [0.25, 0.3) is 0 Å². The number of hydrogen-bond acceptors (Lipinski definition) is 4. The maximum absolute atomic E-state index is 13.0. The van der Waals surface area contributed by atoms with E-state index in [9.17, 15) is 9.59 Å². The Morgan fingerprint density at radius 3 is 2.21 bits per heavy atom. The van der Waals surface area contributed by atoms with E-state index in [2.05, 4.69) is 13.8 Å². The van der Waals surface area contributed by atoms with E-state index in [0.717, 1.165) is 5.56 Å². The van der Waals surface area contributed by atoms with E-state index in [-0.39, 0.29) is 12.2 Å². The highest BCUT2D eigenvalue weighted by atomic mass is 16.5. The second kappa shape index (κ2) is 10.6. The summed E-state index contributed by atoms with van der Waals surface area (Å²) in [7, 11) is 0. The summed E-state index contributed by atoms with van der Waals surface area (Å²) in [6, 6.07) is 12.3. The van der Waals surface area contributed by atoms with E-state index in [1.807, 2.05) is 19.9 Å². The average Bonchev–Trinajstić information content (AvgIpc) is 2.69. The Kier molecular flexibility index (Phi) is 8.25. The summed E-state index contributed by atoms with van der Waals surface area (Å²) in [4.78, 5) is 24.0. The summed E-state index contributed by atoms with van der Waals surface area (Å²) in [5, 5.41) is 9.04. The lowest BCUT2D eigenvalue weighted by atomic mass is 9.98. The monoisotopic (exact) mass is 398 g/mol. The first-order valence-corrected chi connectivity index (χ1v) is 10.0. The zero-order chi connectivity index (χ0) is 21.4. The van der Waals surface area contributed by atoms with E-state index in [1.165, 1.54) is 0 Å². The first-order chi connectivity index (χ1) is 13.8. The van der Waals surface area contributed by atoms with Gasteiger partial charge >= 0.3 is 5.97 Å². The van der Waals surface area contributed by atoms with E-state index >= 15 is 0 Å². The van der Waals surface area contributed by atoms with Crippen LogP contribution >= 0.6 is 0 Å². The highest BCUT2D eigenvalue weighted by Gasteiger charge is 2.15. The third-order valence-corrected chi connectivity index (χ3v) is 4.18. The molecule has 0 bridgehead atoms. The van der Waals surface area contributed by atoms with Crippen molar-refractivity contribution < 1.29 is 24.2 Å². The summed E-state index contributed by atoms with van der Waals surface area (Å²) < 4.78 is 11.5. The SMILES string of the molecule is CC(C)COc1cccc(C(=O)c2ccc(OCC(C)C)c(CCC(=O)O)c2)c1. The minimum atomic E-state index is -0.883. The van der Waals surface area contributed by atoms with Gasteiger partial charge in [-0.3, -0.25) is 9.59 Å². The maximum atomic E-state index is 13.0. The number of aryl methyl sites for hydroxylation is 1. The molecule has 2 aromatic carbocycles. The van der Waals surface area contributed by atoms with Gasteiger partial charge < -0.3 is 14.6 Å². The van der Waals surface area contributed by atoms with Gasteiger partial charge in [0.05, 0.1) is 13.2 Å². The fourth-order valence-electron chi connectivity index (χ4n) is 2.71. The van der Waals surface area contributed by atoms with Gasteiger partial charge in [0.2, 0.25) is 0 Å². The normalized spacial score (nSPS) is 11.0. The number of rotatable bonds is 11. The van der Waals surface area contributed by atoms with Crippen LogP contribution in [0.1, 0.15) is 55.6 Å². The Balaban J connectivity index is 2.26. The average molecular weight is 398 g/mol. The molecule has 0 saturated carbocycles. The van der Waals surface area contributed by atoms with Crippen molar-refractivity contribution in [2.75, 3.05) is 13.2 Å². The molecule has 0 aliphatic rings. The molecule has 0 radical (unpaired) electrons. The Hall–Kier alpha value is -2.82. The molecule has 0 aliphatic heterocycles. The number of carboxylic acids is 1. The fraction of sp³-hybridized carbons (Fsp3) is 0.417. The standard InChI is InChI=1S/C24H30O5/c1-16(2)14-28-21-7-5-6-19(13-21)24(27)20-8-10-22(29-15-17(3)4)18(12-20)9-11-23(25)26/h5-8,10,12-13,16-17H,9,11,14-15H2,1-4H3,(H,25,26). The predicted octanol–water partition coefficient (Wildman–Crippen LogP) is 5.00. The number of ether oxygens (including phenoxy) is 2. The molecule has 156 valence electrons. The summed E-state index contributed by atoms with van der Waals surface area (Å²) in [5.74, 6) is 1.01. The van der Waals surface area contributed by atoms with Crippen LogP contribution in [-0.4, -0.2) is 30.1 Å². The molecule has 5 nitrogen and oxygen atoms in total. The number of ketones is 1. The van der Waals surface area contributed by atoms with Gasteiger partial charge in [-0.2, -0.15) is 0 Å². The first-order valence-electron chi connectivity index (χ1n) is 10.0. The lowest BCUT2D eigenvalue weighted by Crippen LogP contribution is -2.09. The Bertz CT molecular complexity index is 839. The molecular formula is C24H30O5. The van der Waals surface area contributed by atoms with Gasteiger partial charge in [-0.05, 0) is 54.2 Å². The van der Waals surface area contributed by atoms with Gasteiger partial charge in [-0.25, -0.2) is 0 Å². The molecule has 0 heterocycles. The zero-order valence-electron chi connectivity index (χ0n) is 17.6. The second-order valence-corrected chi connectivity index (χ2v) is 7.98.